The first kappa shape index (κ1) is 23.6. The highest BCUT2D eigenvalue weighted by molar-refractivity contribution is 7.92. The lowest BCUT2D eigenvalue weighted by molar-refractivity contribution is -0.393. The summed E-state index contributed by atoms with van der Waals surface area (Å²) < 4.78 is 27.3. The van der Waals surface area contributed by atoms with Gasteiger partial charge in [0.2, 0.25) is 5.91 Å². The molecule has 3 N–H and O–H groups in total. The van der Waals surface area contributed by atoms with Crippen molar-refractivity contribution in [3.05, 3.63) is 106 Å². The fraction of sp³-hybridized carbons (Fsp3) is 0.0833. The predicted octanol–water partition coefficient (Wildman–Crippen LogP) is 3.64. The molecule has 1 aromatic heterocycles. The zero-order valence-electron chi connectivity index (χ0n) is 18.3. The van der Waals surface area contributed by atoms with E-state index >= 15 is 0 Å². The van der Waals surface area contributed by atoms with Gasteiger partial charge in [0.25, 0.3) is 10.0 Å². The summed E-state index contributed by atoms with van der Waals surface area (Å²) >= 11 is 0. The molecule has 0 fully saturated rings. The van der Waals surface area contributed by atoms with Crippen LogP contribution >= 0.6 is 0 Å². The average molecular weight is 492 g/mol. The van der Waals surface area contributed by atoms with Crippen molar-refractivity contribution in [2.24, 2.45) is 0 Å². The number of benzene rings is 3. The molecule has 0 bridgehead atoms. The predicted molar refractivity (Wildman–Crippen MR) is 130 cm³/mol. The minimum absolute atomic E-state index is 0.140. The van der Waals surface area contributed by atoms with Gasteiger partial charge in [0.15, 0.2) is 0 Å². The molecule has 1 heterocycles. The summed E-state index contributed by atoms with van der Waals surface area (Å²) in [7, 11) is -3.68. The van der Waals surface area contributed by atoms with Gasteiger partial charge in [0.1, 0.15) is 11.9 Å². The van der Waals surface area contributed by atoms with Crippen molar-refractivity contribution in [1.29, 1.82) is 0 Å². The maximum atomic E-state index is 12.4. The van der Waals surface area contributed by atoms with E-state index in [-0.39, 0.29) is 23.2 Å². The molecule has 178 valence electrons. The highest BCUT2D eigenvalue weighted by Gasteiger charge is 2.14. The first-order valence-electron chi connectivity index (χ1n) is 10.5. The number of nitro groups is 1. The van der Waals surface area contributed by atoms with Gasteiger partial charge >= 0.3 is 5.95 Å². The average Bonchev–Trinajstić information content (AvgIpc) is 3.36. The first-order valence-corrected chi connectivity index (χ1v) is 12.0. The van der Waals surface area contributed by atoms with Crippen LogP contribution in [0.25, 0.3) is 11.3 Å². The van der Waals surface area contributed by atoms with E-state index in [9.17, 15) is 23.3 Å². The van der Waals surface area contributed by atoms with Gasteiger partial charge in [-0.1, -0.05) is 59.6 Å². The minimum Gasteiger partial charge on any atom is -0.390 e. The molecule has 4 aromatic rings. The number of carbonyl (C=O) groups is 1. The van der Waals surface area contributed by atoms with E-state index in [1.807, 2.05) is 12.1 Å². The number of carbonyl (C=O) groups excluding carboxylic acids is 1. The maximum Gasteiger partial charge on any atom is 0.432 e. The molecule has 0 unspecified atom stereocenters. The van der Waals surface area contributed by atoms with Crippen LogP contribution in [-0.2, 0) is 27.8 Å². The van der Waals surface area contributed by atoms with Crippen molar-refractivity contribution in [3.63, 3.8) is 0 Å². The van der Waals surface area contributed by atoms with Crippen LogP contribution in [-0.4, -0.2) is 29.2 Å². The van der Waals surface area contributed by atoms with Gasteiger partial charge in [-0.2, -0.15) is 0 Å². The Balaban J connectivity index is 1.29. The number of nitrogens with one attached hydrogen (secondary N) is 3. The van der Waals surface area contributed by atoms with Crippen LogP contribution in [0.2, 0.25) is 0 Å². The number of hydrogen-bond donors (Lipinski definition) is 3. The quantitative estimate of drug-likeness (QED) is 0.241. The smallest absolute Gasteiger partial charge is 0.390 e. The van der Waals surface area contributed by atoms with Crippen molar-refractivity contribution in [2.45, 2.75) is 17.9 Å². The molecule has 0 spiro atoms. The molecule has 3 aromatic carbocycles. The Hall–Kier alpha value is -4.51. The van der Waals surface area contributed by atoms with Crippen molar-refractivity contribution in [2.75, 3.05) is 4.72 Å². The van der Waals surface area contributed by atoms with Gasteiger partial charge in [-0.05, 0) is 40.3 Å². The number of sulfonamides is 1. The van der Waals surface area contributed by atoms with Crippen LogP contribution in [0.4, 0.5) is 11.6 Å². The summed E-state index contributed by atoms with van der Waals surface area (Å²) in [4.78, 5) is 29.0. The zero-order chi connectivity index (χ0) is 24.8. The van der Waals surface area contributed by atoms with E-state index in [2.05, 4.69) is 20.0 Å². The fourth-order valence-corrected chi connectivity index (χ4v) is 4.38. The van der Waals surface area contributed by atoms with E-state index < -0.39 is 14.9 Å². The van der Waals surface area contributed by atoms with E-state index in [1.165, 1.54) is 18.3 Å². The summed E-state index contributed by atoms with van der Waals surface area (Å²) in [6.07, 6.45) is 1.54. The number of nitrogens with zero attached hydrogens (tertiary/aromatic N) is 2. The largest absolute Gasteiger partial charge is 0.432 e. The number of amides is 1. The lowest BCUT2D eigenvalue weighted by Gasteiger charge is -2.09. The van der Waals surface area contributed by atoms with Gasteiger partial charge in [-0.15, -0.1) is 0 Å². The van der Waals surface area contributed by atoms with Crippen LogP contribution < -0.4 is 10.0 Å². The topological polar surface area (TPSA) is 147 Å². The zero-order valence-corrected chi connectivity index (χ0v) is 19.2. The molecule has 35 heavy (non-hydrogen) atoms. The third-order valence-electron chi connectivity index (χ3n) is 5.11. The lowest BCUT2D eigenvalue weighted by Crippen LogP contribution is -2.24. The van der Waals surface area contributed by atoms with Gasteiger partial charge < -0.3 is 15.4 Å². The molecule has 11 heteroatoms. The number of hydrogen-bond acceptors (Lipinski definition) is 6. The lowest BCUT2D eigenvalue weighted by atomic mass is 10.1. The second-order valence-electron chi connectivity index (χ2n) is 7.64. The number of H-pyrrole nitrogens is 1. The molecule has 4 rings (SSSR count). The fourth-order valence-electron chi connectivity index (χ4n) is 3.31. The third-order valence-corrected chi connectivity index (χ3v) is 6.51. The minimum atomic E-state index is -3.68. The summed E-state index contributed by atoms with van der Waals surface area (Å²) in [5.74, 6) is -0.506. The van der Waals surface area contributed by atoms with Crippen LogP contribution in [0.1, 0.15) is 11.1 Å². The monoisotopic (exact) mass is 491 g/mol. The number of anilines is 1. The molecule has 0 aliphatic rings. The SMILES string of the molecule is O=C(Cc1ccc(NS(=O)(=O)c2ccccc2)cc1)NCc1ccc(-c2cnc([N+](=O)[O-])[nH]2)cc1. The van der Waals surface area contributed by atoms with Gasteiger partial charge in [0.05, 0.1) is 11.3 Å². The Morgan fingerprint density at radius 3 is 2.23 bits per heavy atom. The Labute approximate surface area is 201 Å². The van der Waals surface area contributed by atoms with E-state index in [0.29, 0.717) is 17.9 Å². The molecule has 10 nitrogen and oxygen atoms in total. The first-order chi connectivity index (χ1) is 16.8. The third kappa shape index (κ3) is 6.09. The van der Waals surface area contributed by atoms with Crippen LogP contribution in [0.15, 0.2) is 90.0 Å². The number of aromatic amines is 1. The van der Waals surface area contributed by atoms with Crippen LogP contribution in [0.3, 0.4) is 0 Å². The molecule has 0 aliphatic heterocycles. The van der Waals surface area contributed by atoms with E-state index in [4.69, 9.17) is 0 Å². The molecule has 0 radical (unpaired) electrons. The highest BCUT2D eigenvalue weighted by Crippen LogP contribution is 2.20. The summed E-state index contributed by atoms with van der Waals surface area (Å²) in [6, 6.07) is 21.9. The number of rotatable bonds is 9. The Kier molecular flexibility index (Phi) is 6.88. The molecule has 0 aliphatic carbocycles. The Morgan fingerprint density at radius 2 is 1.60 bits per heavy atom. The molecular formula is C24H21N5O5S. The molecule has 0 saturated heterocycles. The molecule has 1 amide bonds. The van der Waals surface area contributed by atoms with Crippen molar-refractivity contribution in [1.82, 2.24) is 15.3 Å². The number of aromatic nitrogens is 2. The maximum absolute atomic E-state index is 12.4. The van der Waals surface area contributed by atoms with E-state index in [1.54, 1.807) is 54.6 Å². The second kappa shape index (κ2) is 10.2. The Bertz CT molecular complexity index is 1430. The Morgan fingerprint density at radius 1 is 0.943 bits per heavy atom. The van der Waals surface area contributed by atoms with Crippen molar-refractivity contribution < 1.29 is 18.1 Å². The summed E-state index contributed by atoms with van der Waals surface area (Å²) in [5, 5.41) is 13.6. The standard InChI is InChI=1S/C24H21N5O5S/c30-23(25-15-18-6-10-19(11-7-18)22-16-26-24(27-22)29(31)32)14-17-8-12-20(13-9-17)28-35(33,34)21-4-2-1-3-5-21/h1-13,16,28H,14-15H2,(H,25,30)(H,26,27). The van der Waals surface area contributed by atoms with Crippen molar-refractivity contribution >= 4 is 27.6 Å². The number of imidazole rings is 1. The van der Waals surface area contributed by atoms with Crippen molar-refractivity contribution in [3.8, 4) is 11.3 Å². The summed E-state index contributed by atoms with van der Waals surface area (Å²) in [6.45, 7) is 0.317. The van der Waals surface area contributed by atoms with Gasteiger partial charge in [-0.25, -0.2) is 13.4 Å². The molecular weight excluding hydrogens is 470 g/mol. The van der Waals surface area contributed by atoms with Crippen LogP contribution in [0, 0.1) is 10.1 Å². The molecule has 0 saturated carbocycles. The van der Waals surface area contributed by atoms with Crippen LogP contribution in [0.5, 0.6) is 0 Å². The normalized spacial score (nSPS) is 11.1. The van der Waals surface area contributed by atoms with E-state index in [0.717, 1.165) is 16.7 Å². The highest BCUT2D eigenvalue weighted by atomic mass is 32.2. The summed E-state index contributed by atoms with van der Waals surface area (Å²) in [5.41, 5.74) is 3.27. The van der Waals surface area contributed by atoms with Gasteiger partial charge in [-0.3, -0.25) is 9.52 Å². The molecule has 0 atom stereocenters. The van der Waals surface area contributed by atoms with Gasteiger partial charge in [0, 0.05) is 17.8 Å². The second-order valence-corrected chi connectivity index (χ2v) is 9.33.